The summed E-state index contributed by atoms with van der Waals surface area (Å²) in [6.45, 7) is 8.76. The first kappa shape index (κ1) is 15.5. The summed E-state index contributed by atoms with van der Waals surface area (Å²) in [7, 11) is 0. The average Bonchev–Trinajstić information content (AvgIpc) is 2.38. The predicted octanol–water partition coefficient (Wildman–Crippen LogP) is 3.38. The van der Waals surface area contributed by atoms with Gasteiger partial charge in [0.05, 0.1) is 0 Å². The smallest absolute Gasteiger partial charge is 0.260 e. The summed E-state index contributed by atoms with van der Waals surface area (Å²) in [6, 6.07) is 5.88. The zero-order chi connectivity index (χ0) is 14.3. The zero-order valence-corrected chi connectivity index (χ0v) is 12.5. The van der Waals surface area contributed by atoms with Crippen LogP contribution >= 0.6 is 0 Å². The number of hydrogen-bond acceptors (Lipinski definition) is 2. The first-order valence-corrected chi connectivity index (χ1v) is 7.06. The Morgan fingerprint density at radius 3 is 2.63 bits per heavy atom. The van der Waals surface area contributed by atoms with Crippen molar-refractivity contribution in [3.8, 4) is 5.75 Å². The number of rotatable bonds is 7. The van der Waals surface area contributed by atoms with Crippen molar-refractivity contribution in [1.29, 1.82) is 0 Å². The summed E-state index contributed by atoms with van der Waals surface area (Å²) in [5, 5.41) is 2.90. The molecular weight excluding hydrogens is 238 g/mol. The Balaban J connectivity index is 2.42. The molecule has 106 valence electrons. The van der Waals surface area contributed by atoms with Crippen LogP contribution in [0.4, 0.5) is 0 Å². The Labute approximate surface area is 116 Å². The van der Waals surface area contributed by atoms with Crippen molar-refractivity contribution in [2.45, 2.75) is 53.1 Å². The van der Waals surface area contributed by atoms with Crippen molar-refractivity contribution in [3.63, 3.8) is 0 Å². The van der Waals surface area contributed by atoms with Crippen molar-refractivity contribution >= 4 is 5.91 Å². The second kappa shape index (κ2) is 7.82. The van der Waals surface area contributed by atoms with E-state index in [1.54, 1.807) is 6.92 Å². The van der Waals surface area contributed by atoms with Gasteiger partial charge >= 0.3 is 0 Å². The summed E-state index contributed by atoms with van der Waals surface area (Å²) >= 11 is 0. The van der Waals surface area contributed by atoms with Crippen LogP contribution in [-0.2, 0) is 4.79 Å². The van der Waals surface area contributed by atoms with E-state index in [1.165, 1.54) is 11.1 Å². The Bertz CT molecular complexity index is 415. The zero-order valence-electron chi connectivity index (χ0n) is 12.5. The number of aryl methyl sites for hydroxylation is 2. The van der Waals surface area contributed by atoms with E-state index in [0.717, 1.165) is 31.6 Å². The van der Waals surface area contributed by atoms with Gasteiger partial charge in [0.2, 0.25) is 0 Å². The highest BCUT2D eigenvalue weighted by molar-refractivity contribution is 5.80. The Morgan fingerprint density at radius 2 is 2.00 bits per heavy atom. The van der Waals surface area contributed by atoms with Crippen molar-refractivity contribution < 1.29 is 9.53 Å². The fourth-order valence-corrected chi connectivity index (χ4v) is 1.78. The molecule has 3 nitrogen and oxygen atoms in total. The molecule has 0 aromatic heterocycles. The van der Waals surface area contributed by atoms with Crippen LogP contribution in [0.15, 0.2) is 18.2 Å². The van der Waals surface area contributed by atoms with E-state index in [4.69, 9.17) is 4.74 Å². The third-order valence-corrected chi connectivity index (χ3v) is 3.24. The summed E-state index contributed by atoms with van der Waals surface area (Å²) in [5.74, 6) is 0.702. The number of carbonyl (C=O) groups is 1. The maximum absolute atomic E-state index is 11.8. The molecule has 1 N–H and O–H groups in total. The molecule has 0 fully saturated rings. The molecule has 0 aliphatic heterocycles. The lowest BCUT2D eigenvalue weighted by Crippen LogP contribution is -2.36. The molecule has 19 heavy (non-hydrogen) atoms. The van der Waals surface area contributed by atoms with Gasteiger partial charge in [-0.3, -0.25) is 4.79 Å². The van der Waals surface area contributed by atoms with Gasteiger partial charge in [-0.15, -0.1) is 0 Å². The van der Waals surface area contributed by atoms with Crippen LogP contribution in [-0.4, -0.2) is 18.6 Å². The molecule has 0 radical (unpaired) electrons. The molecular formula is C16H25NO2. The quantitative estimate of drug-likeness (QED) is 0.766. The van der Waals surface area contributed by atoms with E-state index in [-0.39, 0.29) is 5.91 Å². The maximum Gasteiger partial charge on any atom is 0.260 e. The molecule has 0 heterocycles. The number of ether oxygens (including phenoxy) is 1. The van der Waals surface area contributed by atoms with Crippen LogP contribution in [0.5, 0.6) is 5.75 Å². The van der Waals surface area contributed by atoms with E-state index in [9.17, 15) is 4.79 Å². The van der Waals surface area contributed by atoms with Gasteiger partial charge in [0, 0.05) is 6.54 Å². The largest absolute Gasteiger partial charge is 0.481 e. The lowest BCUT2D eigenvalue weighted by Gasteiger charge is -2.15. The van der Waals surface area contributed by atoms with Crippen molar-refractivity contribution in [1.82, 2.24) is 5.32 Å². The molecule has 3 heteroatoms. The monoisotopic (exact) mass is 263 g/mol. The molecule has 0 saturated carbocycles. The van der Waals surface area contributed by atoms with Gasteiger partial charge in [-0.05, 0) is 50.5 Å². The molecule has 1 atom stereocenters. The lowest BCUT2D eigenvalue weighted by atomic mass is 10.1. The van der Waals surface area contributed by atoms with Crippen LogP contribution < -0.4 is 10.1 Å². The van der Waals surface area contributed by atoms with E-state index in [2.05, 4.69) is 19.2 Å². The minimum atomic E-state index is -0.455. The molecule has 0 spiro atoms. The molecule has 0 aliphatic carbocycles. The summed E-state index contributed by atoms with van der Waals surface area (Å²) in [4.78, 5) is 11.8. The highest BCUT2D eigenvalue weighted by atomic mass is 16.5. The Morgan fingerprint density at radius 1 is 1.26 bits per heavy atom. The van der Waals surface area contributed by atoms with Gasteiger partial charge < -0.3 is 10.1 Å². The molecule has 0 unspecified atom stereocenters. The first-order valence-electron chi connectivity index (χ1n) is 7.06. The fraction of sp³-hybridized carbons (Fsp3) is 0.562. The van der Waals surface area contributed by atoms with Crippen LogP contribution in [0.3, 0.4) is 0 Å². The summed E-state index contributed by atoms with van der Waals surface area (Å²) < 4.78 is 5.66. The molecule has 1 amide bonds. The number of amides is 1. The van der Waals surface area contributed by atoms with Crippen LogP contribution in [0.25, 0.3) is 0 Å². The van der Waals surface area contributed by atoms with E-state index < -0.39 is 6.10 Å². The SMILES string of the molecule is CCCCCNC(=O)[C@H](C)Oc1ccc(C)c(C)c1. The Hall–Kier alpha value is -1.51. The maximum atomic E-state index is 11.8. The minimum absolute atomic E-state index is 0.0469. The van der Waals surface area contributed by atoms with Gasteiger partial charge in [-0.25, -0.2) is 0 Å². The van der Waals surface area contributed by atoms with Crippen molar-refractivity contribution in [2.24, 2.45) is 0 Å². The molecule has 1 aromatic carbocycles. The highest BCUT2D eigenvalue weighted by Crippen LogP contribution is 2.17. The van der Waals surface area contributed by atoms with Crippen LogP contribution in [0.2, 0.25) is 0 Å². The molecule has 1 rings (SSSR count). The number of nitrogens with one attached hydrogen (secondary N) is 1. The van der Waals surface area contributed by atoms with Crippen LogP contribution in [0.1, 0.15) is 44.2 Å². The normalized spacial score (nSPS) is 12.0. The van der Waals surface area contributed by atoms with Gasteiger partial charge in [0.1, 0.15) is 5.75 Å². The fourth-order valence-electron chi connectivity index (χ4n) is 1.78. The van der Waals surface area contributed by atoms with Gasteiger partial charge in [0.25, 0.3) is 5.91 Å². The van der Waals surface area contributed by atoms with Crippen molar-refractivity contribution in [3.05, 3.63) is 29.3 Å². The molecule has 1 aromatic rings. The lowest BCUT2D eigenvalue weighted by molar-refractivity contribution is -0.127. The number of hydrogen-bond donors (Lipinski definition) is 1. The molecule has 0 bridgehead atoms. The minimum Gasteiger partial charge on any atom is -0.481 e. The Kier molecular flexibility index (Phi) is 6.40. The summed E-state index contributed by atoms with van der Waals surface area (Å²) in [5.41, 5.74) is 2.40. The third kappa shape index (κ3) is 5.33. The third-order valence-electron chi connectivity index (χ3n) is 3.24. The predicted molar refractivity (Wildman–Crippen MR) is 78.5 cm³/mol. The highest BCUT2D eigenvalue weighted by Gasteiger charge is 2.13. The van der Waals surface area contributed by atoms with Gasteiger partial charge in [0.15, 0.2) is 6.10 Å². The second-order valence-electron chi connectivity index (χ2n) is 5.00. The second-order valence-corrected chi connectivity index (χ2v) is 5.00. The summed E-state index contributed by atoms with van der Waals surface area (Å²) in [6.07, 6.45) is 2.87. The van der Waals surface area contributed by atoms with E-state index in [0.29, 0.717) is 0 Å². The number of benzene rings is 1. The molecule has 0 aliphatic rings. The van der Waals surface area contributed by atoms with E-state index in [1.807, 2.05) is 25.1 Å². The number of carbonyl (C=O) groups excluding carboxylic acids is 1. The van der Waals surface area contributed by atoms with Crippen LogP contribution in [0, 0.1) is 13.8 Å². The topological polar surface area (TPSA) is 38.3 Å². The van der Waals surface area contributed by atoms with Gasteiger partial charge in [-0.1, -0.05) is 25.8 Å². The van der Waals surface area contributed by atoms with E-state index >= 15 is 0 Å². The average molecular weight is 263 g/mol. The first-order chi connectivity index (χ1) is 9.04. The van der Waals surface area contributed by atoms with Gasteiger partial charge in [-0.2, -0.15) is 0 Å². The standard InChI is InChI=1S/C16H25NO2/c1-5-6-7-10-17-16(18)14(4)19-15-9-8-12(2)13(3)11-15/h8-9,11,14H,5-7,10H2,1-4H3,(H,17,18)/t14-/m0/s1. The van der Waals surface area contributed by atoms with Crippen molar-refractivity contribution in [2.75, 3.05) is 6.54 Å². The number of unbranched alkanes of at least 4 members (excludes halogenated alkanes) is 2. The molecule has 0 saturated heterocycles.